The summed E-state index contributed by atoms with van der Waals surface area (Å²) in [5.41, 5.74) is 0. The summed E-state index contributed by atoms with van der Waals surface area (Å²) < 4.78 is 5.51. The normalized spacial score (nSPS) is 35.9. The van der Waals surface area contributed by atoms with Crippen molar-refractivity contribution in [3.8, 4) is 0 Å². The first kappa shape index (κ1) is 13.8. The lowest BCUT2D eigenvalue weighted by atomic mass is 9.80. The zero-order valence-electron chi connectivity index (χ0n) is 11.6. The summed E-state index contributed by atoms with van der Waals surface area (Å²) in [6.07, 6.45) is 5.32. The molecule has 0 aromatic heterocycles. The number of hydrogen-bond acceptors (Lipinski definition) is 3. The highest BCUT2D eigenvalue weighted by Crippen LogP contribution is 2.32. The molecule has 0 bridgehead atoms. The van der Waals surface area contributed by atoms with Gasteiger partial charge in [0, 0.05) is 25.1 Å². The molecule has 18 heavy (non-hydrogen) atoms. The highest BCUT2D eigenvalue weighted by molar-refractivity contribution is 5.76. The summed E-state index contributed by atoms with van der Waals surface area (Å²) in [5, 5.41) is 6.58. The van der Waals surface area contributed by atoms with Gasteiger partial charge in [-0.2, -0.15) is 0 Å². The molecular formula is C14H26N2O2. The van der Waals surface area contributed by atoms with Crippen LogP contribution in [0.3, 0.4) is 0 Å². The smallest absolute Gasteiger partial charge is 0.220 e. The van der Waals surface area contributed by atoms with Gasteiger partial charge in [0.05, 0.1) is 6.10 Å². The zero-order chi connectivity index (χ0) is 13.0. The number of piperidine rings is 1. The molecule has 0 aromatic carbocycles. The lowest BCUT2D eigenvalue weighted by molar-refractivity contribution is -0.125. The average molecular weight is 254 g/mol. The minimum absolute atomic E-state index is 0.231. The molecule has 2 atom stereocenters. The second-order valence-electron chi connectivity index (χ2n) is 5.76. The van der Waals surface area contributed by atoms with E-state index >= 15 is 0 Å². The van der Waals surface area contributed by atoms with Crippen molar-refractivity contribution in [1.82, 2.24) is 10.6 Å². The van der Waals surface area contributed by atoms with Gasteiger partial charge < -0.3 is 15.4 Å². The fourth-order valence-electron chi connectivity index (χ4n) is 3.02. The molecule has 1 aliphatic heterocycles. The standard InChI is InChI=1S/C14H26N2O2/c1-3-18-13-7-11(8-13)9-14(17)16-12-4-5-15-10(2)6-12/h10-13,15H,3-9H2,1-2H3,(H,16,17). The van der Waals surface area contributed by atoms with Crippen LogP contribution in [-0.2, 0) is 9.53 Å². The molecule has 1 amide bonds. The summed E-state index contributed by atoms with van der Waals surface area (Å²) in [7, 11) is 0. The molecule has 2 unspecified atom stereocenters. The van der Waals surface area contributed by atoms with Crippen molar-refractivity contribution in [2.24, 2.45) is 5.92 Å². The molecule has 1 aliphatic carbocycles. The van der Waals surface area contributed by atoms with Gasteiger partial charge in [0.1, 0.15) is 0 Å². The van der Waals surface area contributed by atoms with Crippen LogP contribution in [0.15, 0.2) is 0 Å². The molecule has 4 heteroatoms. The largest absolute Gasteiger partial charge is 0.378 e. The molecule has 104 valence electrons. The Hall–Kier alpha value is -0.610. The monoisotopic (exact) mass is 254 g/mol. The van der Waals surface area contributed by atoms with E-state index in [0.29, 0.717) is 30.5 Å². The molecule has 1 saturated heterocycles. The third-order valence-electron chi connectivity index (χ3n) is 4.06. The Morgan fingerprint density at radius 3 is 2.83 bits per heavy atom. The predicted octanol–water partition coefficient (Wildman–Crippen LogP) is 1.45. The molecule has 2 fully saturated rings. The maximum atomic E-state index is 11.9. The first-order valence-corrected chi connectivity index (χ1v) is 7.31. The van der Waals surface area contributed by atoms with E-state index in [4.69, 9.17) is 4.74 Å². The van der Waals surface area contributed by atoms with Gasteiger partial charge in [-0.1, -0.05) is 0 Å². The van der Waals surface area contributed by atoms with Crippen molar-refractivity contribution in [3.05, 3.63) is 0 Å². The van der Waals surface area contributed by atoms with Crippen molar-refractivity contribution in [3.63, 3.8) is 0 Å². The molecule has 2 aliphatic rings. The van der Waals surface area contributed by atoms with E-state index in [1.165, 1.54) is 0 Å². The Kier molecular flexibility index (Phi) is 5.01. The maximum Gasteiger partial charge on any atom is 0.220 e. The van der Waals surface area contributed by atoms with E-state index in [0.717, 1.165) is 38.8 Å². The number of carbonyl (C=O) groups excluding carboxylic acids is 1. The van der Waals surface area contributed by atoms with Gasteiger partial charge in [-0.25, -0.2) is 0 Å². The number of carbonyl (C=O) groups is 1. The second kappa shape index (κ2) is 6.53. The quantitative estimate of drug-likeness (QED) is 0.780. The molecular weight excluding hydrogens is 228 g/mol. The van der Waals surface area contributed by atoms with E-state index in [-0.39, 0.29) is 5.91 Å². The number of amides is 1. The van der Waals surface area contributed by atoms with Crippen LogP contribution < -0.4 is 10.6 Å². The molecule has 2 rings (SSSR count). The van der Waals surface area contributed by atoms with Crippen LogP contribution >= 0.6 is 0 Å². The van der Waals surface area contributed by atoms with Crippen molar-refractivity contribution in [2.45, 2.75) is 64.1 Å². The van der Waals surface area contributed by atoms with Crippen molar-refractivity contribution in [2.75, 3.05) is 13.2 Å². The second-order valence-corrected chi connectivity index (χ2v) is 5.76. The molecule has 4 nitrogen and oxygen atoms in total. The Labute approximate surface area is 110 Å². The van der Waals surface area contributed by atoms with Gasteiger partial charge in [0.2, 0.25) is 5.91 Å². The minimum Gasteiger partial charge on any atom is -0.378 e. The van der Waals surface area contributed by atoms with Crippen molar-refractivity contribution in [1.29, 1.82) is 0 Å². The number of hydrogen-bond donors (Lipinski definition) is 2. The molecule has 0 spiro atoms. The zero-order valence-corrected chi connectivity index (χ0v) is 11.6. The summed E-state index contributed by atoms with van der Waals surface area (Å²) in [6.45, 7) is 6.01. The number of rotatable bonds is 5. The lowest BCUT2D eigenvalue weighted by Crippen LogP contribution is -2.47. The van der Waals surface area contributed by atoms with Gasteiger partial charge in [-0.05, 0) is 52.0 Å². The van der Waals surface area contributed by atoms with Crippen LogP contribution in [0.1, 0.15) is 46.0 Å². The fourth-order valence-corrected chi connectivity index (χ4v) is 3.02. The summed E-state index contributed by atoms with van der Waals surface area (Å²) in [6, 6.07) is 0.895. The van der Waals surface area contributed by atoms with E-state index in [1.54, 1.807) is 0 Å². The average Bonchev–Trinajstić information content (AvgIpc) is 2.26. The molecule has 0 radical (unpaired) electrons. The molecule has 1 heterocycles. The highest BCUT2D eigenvalue weighted by atomic mass is 16.5. The van der Waals surface area contributed by atoms with Crippen molar-refractivity contribution < 1.29 is 9.53 Å². The van der Waals surface area contributed by atoms with Crippen LogP contribution in [0, 0.1) is 5.92 Å². The van der Waals surface area contributed by atoms with E-state index in [9.17, 15) is 4.79 Å². The third kappa shape index (κ3) is 3.95. The first-order valence-electron chi connectivity index (χ1n) is 7.31. The van der Waals surface area contributed by atoms with E-state index in [2.05, 4.69) is 17.6 Å². The van der Waals surface area contributed by atoms with Gasteiger partial charge in [0.25, 0.3) is 0 Å². The first-order chi connectivity index (χ1) is 8.67. The molecule has 1 saturated carbocycles. The van der Waals surface area contributed by atoms with Gasteiger partial charge in [-0.3, -0.25) is 4.79 Å². The Bertz CT molecular complexity index is 277. The third-order valence-corrected chi connectivity index (χ3v) is 4.06. The molecule has 0 aromatic rings. The summed E-state index contributed by atoms with van der Waals surface area (Å²) in [4.78, 5) is 11.9. The van der Waals surface area contributed by atoms with Gasteiger partial charge in [0.15, 0.2) is 0 Å². The highest BCUT2D eigenvalue weighted by Gasteiger charge is 2.31. The minimum atomic E-state index is 0.231. The van der Waals surface area contributed by atoms with Gasteiger partial charge >= 0.3 is 0 Å². The summed E-state index contributed by atoms with van der Waals surface area (Å²) >= 11 is 0. The maximum absolute atomic E-state index is 11.9. The SMILES string of the molecule is CCOC1CC(CC(=O)NC2CCNC(C)C2)C1. The Morgan fingerprint density at radius 2 is 2.17 bits per heavy atom. The van der Waals surface area contributed by atoms with E-state index in [1.807, 2.05) is 6.92 Å². The van der Waals surface area contributed by atoms with Crippen LogP contribution in [0.4, 0.5) is 0 Å². The number of nitrogens with one attached hydrogen (secondary N) is 2. The van der Waals surface area contributed by atoms with Crippen molar-refractivity contribution >= 4 is 5.91 Å². The van der Waals surface area contributed by atoms with E-state index < -0.39 is 0 Å². The fraction of sp³-hybridized carbons (Fsp3) is 0.929. The predicted molar refractivity (Wildman–Crippen MR) is 71.4 cm³/mol. The van der Waals surface area contributed by atoms with Gasteiger partial charge in [-0.15, -0.1) is 0 Å². The molecule has 2 N–H and O–H groups in total. The number of ether oxygens (including phenoxy) is 1. The van der Waals surface area contributed by atoms with Crippen LogP contribution in [-0.4, -0.2) is 37.2 Å². The Balaban J connectivity index is 1.61. The lowest BCUT2D eigenvalue weighted by Gasteiger charge is -2.35. The van der Waals surface area contributed by atoms with Crippen LogP contribution in [0.25, 0.3) is 0 Å². The summed E-state index contributed by atoms with van der Waals surface area (Å²) in [5.74, 6) is 0.773. The van der Waals surface area contributed by atoms with Crippen LogP contribution in [0.5, 0.6) is 0 Å². The topological polar surface area (TPSA) is 50.4 Å². The Morgan fingerprint density at radius 1 is 1.39 bits per heavy atom. The van der Waals surface area contributed by atoms with Crippen LogP contribution in [0.2, 0.25) is 0 Å².